The summed E-state index contributed by atoms with van der Waals surface area (Å²) in [4.78, 5) is 0. The Hall–Kier alpha value is -1.49. The number of amidine groups is 1. The molecule has 0 heterocycles. The number of rotatable bonds is 3. The van der Waals surface area contributed by atoms with Crippen molar-refractivity contribution in [2.45, 2.75) is 0 Å². The third-order valence-electron chi connectivity index (χ3n) is 1.52. The molecule has 4 nitrogen and oxygen atoms in total. The van der Waals surface area contributed by atoms with Crippen LogP contribution < -0.4 is 11.1 Å². The Balaban J connectivity index is 2.64. The summed E-state index contributed by atoms with van der Waals surface area (Å²) in [6, 6.07) is 4.24. The number of benzene rings is 1. The van der Waals surface area contributed by atoms with Gasteiger partial charge >= 0.3 is 0 Å². The summed E-state index contributed by atoms with van der Waals surface area (Å²) in [5, 5.41) is 13.8. The van der Waals surface area contributed by atoms with Gasteiger partial charge in [-0.1, -0.05) is 16.8 Å². The second-order valence-corrected chi connectivity index (χ2v) is 2.98. The minimum absolute atomic E-state index is 0.0142. The maximum atomic E-state index is 12.9. The smallest absolute Gasteiger partial charge is 0.158 e. The lowest BCUT2D eigenvalue weighted by molar-refractivity contribution is 0.317. The van der Waals surface area contributed by atoms with Gasteiger partial charge in [-0.15, -0.1) is 0 Å². The number of nitrogens with two attached hydrogens (primary N) is 1. The van der Waals surface area contributed by atoms with E-state index >= 15 is 0 Å². The fourth-order valence-electron chi connectivity index (χ4n) is 0.834. The van der Waals surface area contributed by atoms with Crippen LogP contribution in [0.2, 0.25) is 5.02 Å². The van der Waals surface area contributed by atoms with Crippen LogP contribution in [-0.4, -0.2) is 17.6 Å². The molecule has 4 N–H and O–H groups in total. The number of oxime groups is 1. The van der Waals surface area contributed by atoms with Crippen LogP contribution in [0.4, 0.5) is 10.1 Å². The van der Waals surface area contributed by atoms with Gasteiger partial charge in [-0.3, -0.25) is 0 Å². The average Bonchev–Trinajstić information content (AvgIpc) is 2.19. The monoisotopic (exact) mass is 217 g/mol. The summed E-state index contributed by atoms with van der Waals surface area (Å²) >= 11 is 5.48. The molecule has 1 aromatic carbocycles. The summed E-state index contributed by atoms with van der Waals surface area (Å²) in [7, 11) is 0. The largest absolute Gasteiger partial charge is 0.409 e. The first-order valence-corrected chi connectivity index (χ1v) is 4.16. The number of nitrogens with zero attached hydrogens (tertiary/aromatic N) is 1. The van der Waals surface area contributed by atoms with E-state index in [2.05, 4.69) is 10.5 Å². The van der Waals surface area contributed by atoms with Crippen LogP contribution in [-0.2, 0) is 0 Å². The fourth-order valence-corrected chi connectivity index (χ4v) is 0.952. The van der Waals surface area contributed by atoms with E-state index in [1.807, 2.05) is 0 Å². The Bertz CT molecular complexity index is 356. The molecule has 0 radical (unpaired) electrons. The van der Waals surface area contributed by atoms with Gasteiger partial charge in [0.1, 0.15) is 5.82 Å². The summed E-state index contributed by atoms with van der Waals surface area (Å²) in [6.45, 7) is 0.136. The zero-order valence-corrected chi connectivity index (χ0v) is 7.92. The second kappa shape index (κ2) is 4.66. The van der Waals surface area contributed by atoms with Gasteiger partial charge in [0.15, 0.2) is 5.84 Å². The molecular formula is C8H9ClFN3O. The molecule has 0 fully saturated rings. The van der Waals surface area contributed by atoms with Gasteiger partial charge in [-0.05, 0) is 18.2 Å². The average molecular weight is 218 g/mol. The minimum Gasteiger partial charge on any atom is -0.409 e. The normalized spacial score (nSPS) is 11.4. The predicted molar refractivity (Wildman–Crippen MR) is 53.3 cm³/mol. The van der Waals surface area contributed by atoms with Crippen molar-refractivity contribution in [2.75, 3.05) is 11.9 Å². The highest BCUT2D eigenvalue weighted by Crippen LogP contribution is 2.18. The van der Waals surface area contributed by atoms with Crippen LogP contribution in [0, 0.1) is 5.82 Å². The van der Waals surface area contributed by atoms with E-state index in [9.17, 15) is 4.39 Å². The van der Waals surface area contributed by atoms with Crippen molar-refractivity contribution in [2.24, 2.45) is 10.9 Å². The van der Waals surface area contributed by atoms with Crippen LogP contribution in [0.5, 0.6) is 0 Å². The quantitative estimate of drug-likeness (QED) is 0.312. The zero-order valence-electron chi connectivity index (χ0n) is 7.17. The number of nitrogens with one attached hydrogen (secondary N) is 1. The van der Waals surface area contributed by atoms with E-state index < -0.39 is 5.82 Å². The number of halogens is 2. The molecule has 0 aromatic heterocycles. The Morgan fingerprint density at radius 2 is 2.36 bits per heavy atom. The Morgan fingerprint density at radius 3 is 2.93 bits per heavy atom. The van der Waals surface area contributed by atoms with Gasteiger partial charge in [0.25, 0.3) is 0 Å². The van der Waals surface area contributed by atoms with Gasteiger partial charge < -0.3 is 16.3 Å². The molecule has 0 saturated heterocycles. The standard InChI is InChI=1S/C8H9ClFN3O/c9-6-2-1-5(3-7(6)10)12-4-8(11)13-14/h1-3,12,14H,4H2,(H2,11,13). The van der Waals surface area contributed by atoms with Gasteiger partial charge in [0, 0.05) is 5.69 Å². The number of hydrogen-bond acceptors (Lipinski definition) is 3. The van der Waals surface area contributed by atoms with Crippen LogP contribution in [0.25, 0.3) is 0 Å². The molecule has 6 heteroatoms. The van der Waals surface area contributed by atoms with Crippen LogP contribution in [0.3, 0.4) is 0 Å². The highest BCUT2D eigenvalue weighted by atomic mass is 35.5. The zero-order chi connectivity index (χ0) is 10.6. The first-order chi connectivity index (χ1) is 6.63. The maximum absolute atomic E-state index is 12.9. The summed E-state index contributed by atoms with van der Waals surface area (Å²) < 4.78 is 12.9. The third-order valence-corrected chi connectivity index (χ3v) is 1.83. The molecule has 0 unspecified atom stereocenters. The molecule has 1 aromatic rings. The Labute approximate surface area is 85.2 Å². The Morgan fingerprint density at radius 1 is 1.64 bits per heavy atom. The molecule has 0 bridgehead atoms. The van der Waals surface area contributed by atoms with Crippen LogP contribution >= 0.6 is 11.6 Å². The van der Waals surface area contributed by atoms with E-state index in [1.165, 1.54) is 12.1 Å². The molecule has 76 valence electrons. The fraction of sp³-hybridized carbons (Fsp3) is 0.125. The molecule has 14 heavy (non-hydrogen) atoms. The topological polar surface area (TPSA) is 70.6 Å². The lowest BCUT2D eigenvalue weighted by Crippen LogP contribution is -2.22. The molecular weight excluding hydrogens is 209 g/mol. The summed E-state index contributed by atoms with van der Waals surface area (Å²) in [5.74, 6) is -0.503. The molecule has 0 amide bonds. The highest BCUT2D eigenvalue weighted by molar-refractivity contribution is 6.30. The SMILES string of the molecule is NC(CNc1ccc(Cl)c(F)c1)=NO. The van der Waals surface area contributed by atoms with Crippen molar-refractivity contribution in [3.63, 3.8) is 0 Å². The number of anilines is 1. The van der Waals surface area contributed by atoms with Crippen molar-refractivity contribution in [3.8, 4) is 0 Å². The van der Waals surface area contributed by atoms with Crippen molar-refractivity contribution < 1.29 is 9.60 Å². The van der Waals surface area contributed by atoms with Crippen molar-refractivity contribution in [3.05, 3.63) is 29.0 Å². The van der Waals surface area contributed by atoms with Crippen molar-refractivity contribution in [1.29, 1.82) is 0 Å². The van der Waals surface area contributed by atoms with Crippen LogP contribution in [0.1, 0.15) is 0 Å². The van der Waals surface area contributed by atoms with E-state index in [0.717, 1.165) is 0 Å². The molecule has 0 saturated carbocycles. The Kier molecular flexibility index (Phi) is 3.53. The van der Waals surface area contributed by atoms with E-state index in [0.29, 0.717) is 5.69 Å². The lowest BCUT2D eigenvalue weighted by Gasteiger charge is -2.05. The third kappa shape index (κ3) is 2.77. The predicted octanol–water partition coefficient (Wildman–Crippen LogP) is 1.64. The van der Waals surface area contributed by atoms with E-state index in [1.54, 1.807) is 6.07 Å². The molecule has 0 aliphatic rings. The molecule has 0 aliphatic carbocycles. The number of hydrogen-bond donors (Lipinski definition) is 3. The van der Waals surface area contributed by atoms with Gasteiger partial charge in [-0.2, -0.15) is 0 Å². The molecule has 0 atom stereocenters. The molecule has 0 spiro atoms. The van der Waals surface area contributed by atoms with Crippen molar-refractivity contribution >= 4 is 23.1 Å². The lowest BCUT2D eigenvalue weighted by atomic mass is 10.3. The van der Waals surface area contributed by atoms with Crippen LogP contribution in [0.15, 0.2) is 23.4 Å². The van der Waals surface area contributed by atoms with Gasteiger partial charge in [0.05, 0.1) is 11.6 Å². The molecule has 0 aliphatic heterocycles. The van der Waals surface area contributed by atoms with Gasteiger partial charge in [0.2, 0.25) is 0 Å². The molecule has 1 rings (SSSR count). The first kappa shape index (κ1) is 10.6. The maximum Gasteiger partial charge on any atom is 0.158 e. The summed E-state index contributed by atoms with van der Waals surface area (Å²) in [6.07, 6.45) is 0. The van der Waals surface area contributed by atoms with E-state index in [-0.39, 0.29) is 17.4 Å². The van der Waals surface area contributed by atoms with Crippen molar-refractivity contribution in [1.82, 2.24) is 0 Å². The second-order valence-electron chi connectivity index (χ2n) is 2.57. The minimum atomic E-state index is -0.517. The van der Waals surface area contributed by atoms with Gasteiger partial charge in [-0.25, -0.2) is 4.39 Å². The summed E-state index contributed by atoms with van der Waals surface area (Å²) in [5.41, 5.74) is 5.72. The highest BCUT2D eigenvalue weighted by Gasteiger charge is 2.00. The van der Waals surface area contributed by atoms with E-state index in [4.69, 9.17) is 22.5 Å². The first-order valence-electron chi connectivity index (χ1n) is 3.79.